The van der Waals surface area contributed by atoms with Crippen molar-refractivity contribution in [2.45, 2.75) is 62.2 Å². The molecule has 0 aromatic heterocycles. The molecule has 2 amide bonds. The molecule has 0 spiro atoms. The molecule has 12 nitrogen and oxygen atoms in total. The molecule has 0 radical (unpaired) electrons. The van der Waals surface area contributed by atoms with Gasteiger partial charge in [-0.2, -0.15) is 0 Å². The highest BCUT2D eigenvalue weighted by Gasteiger charge is 2.30. The number of primary amides is 1. The molecule has 250 valence electrons. The van der Waals surface area contributed by atoms with Crippen molar-refractivity contribution in [1.29, 1.82) is 0 Å². The van der Waals surface area contributed by atoms with Crippen LogP contribution in [0.25, 0.3) is 11.1 Å². The number of hydrogen-bond donors (Lipinski definition) is 3. The highest BCUT2D eigenvalue weighted by molar-refractivity contribution is 7.90. The Morgan fingerprint density at radius 1 is 0.875 bits per heavy atom. The number of nitrogens with two attached hydrogens (primary N) is 1. The number of anilines is 1. The van der Waals surface area contributed by atoms with E-state index in [4.69, 9.17) is 15.2 Å². The Balaban J connectivity index is 1.21. The zero-order valence-corrected chi connectivity index (χ0v) is 26.9. The number of carbonyl (C=O) groups excluding carboxylic acids is 2. The Bertz CT molecular complexity index is 1840. The van der Waals surface area contributed by atoms with Gasteiger partial charge in [0.2, 0.25) is 0 Å². The standard InChI is InChI=1S/C35H36N4O8S/c36-35(41)47-33(21-24-13-17-29(18-14-24)46-23-25-11-15-27(16-12-25)26-7-3-1-4-8-26)34(40)38-48(44,45)30-19-20-31(32(22-30)39(42)43)37-28-9-5-2-6-10-28/h1,3-4,7-8,11-20,22,28,33,37H,2,5-6,9-10,21,23H2,(H2,36,41)(H,38,40). The minimum atomic E-state index is -4.58. The predicted molar refractivity (Wildman–Crippen MR) is 180 cm³/mol. The lowest BCUT2D eigenvalue weighted by Crippen LogP contribution is -2.43. The van der Waals surface area contributed by atoms with E-state index in [2.05, 4.69) is 5.32 Å². The SMILES string of the molecule is NC(=O)OC(Cc1ccc(OCc2ccc(-c3ccccc3)cc2)cc1)C(=O)NS(=O)(=O)c1ccc(NC2CCCCC2)c([N+](=O)[O-])c1. The number of sulfonamides is 1. The van der Waals surface area contributed by atoms with Gasteiger partial charge in [0, 0.05) is 18.5 Å². The van der Waals surface area contributed by atoms with Crippen molar-refractivity contribution in [1.82, 2.24) is 4.72 Å². The minimum Gasteiger partial charge on any atom is -0.489 e. The van der Waals surface area contributed by atoms with E-state index >= 15 is 0 Å². The summed E-state index contributed by atoms with van der Waals surface area (Å²) in [7, 11) is -4.58. The van der Waals surface area contributed by atoms with Gasteiger partial charge in [-0.05, 0) is 59.4 Å². The van der Waals surface area contributed by atoms with Crippen LogP contribution in [-0.2, 0) is 32.6 Å². The summed E-state index contributed by atoms with van der Waals surface area (Å²) in [6, 6.07) is 28.1. The Hall–Kier alpha value is -5.43. The second-order valence-electron chi connectivity index (χ2n) is 11.5. The molecule has 1 saturated carbocycles. The number of rotatable bonds is 13. The van der Waals surface area contributed by atoms with Crippen LogP contribution >= 0.6 is 0 Å². The van der Waals surface area contributed by atoms with Gasteiger partial charge in [0.25, 0.3) is 21.6 Å². The first-order chi connectivity index (χ1) is 23.1. The van der Waals surface area contributed by atoms with Crippen LogP contribution in [0.3, 0.4) is 0 Å². The van der Waals surface area contributed by atoms with Crippen LogP contribution in [0.1, 0.15) is 43.2 Å². The van der Waals surface area contributed by atoms with E-state index in [9.17, 15) is 28.1 Å². The summed E-state index contributed by atoms with van der Waals surface area (Å²) < 4.78 is 38.9. The maximum Gasteiger partial charge on any atom is 0.405 e. The minimum absolute atomic E-state index is 0.0458. The smallest absolute Gasteiger partial charge is 0.405 e. The predicted octanol–water partition coefficient (Wildman–Crippen LogP) is 6.10. The Labute approximate surface area is 278 Å². The maximum atomic E-state index is 13.1. The summed E-state index contributed by atoms with van der Waals surface area (Å²) >= 11 is 0. The molecule has 4 aromatic carbocycles. The number of ether oxygens (including phenoxy) is 2. The number of nitro benzene ring substituents is 1. The zero-order valence-electron chi connectivity index (χ0n) is 26.0. The number of amides is 2. The highest BCUT2D eigenvalue weighted by atomic mass is 32.2. The van der Waals surface area contributed by atoms with Gasteiger partial charge in [0.1, 0.15) is 18.0 Å². The van der Waals surface area contributed by atoms with Gasteiger partial charge in [-0.15, -0.1) is 0 Å². The number of hydrogen-bond acceptors (Lipinski definition) is 9. The van der Waals surface area contributed by atoms with Crippen LogP contribution < -0.4 is 20.5 Å². The molecule has 4 N–H and O–H groups in total. The molecule has 1 atom stereocenters. The second kappa shape index (κ2) is 15.4. The summed E-state index contributed by atoms with van der Waals surface area (Å²) in [6.45, 7) is 0.317. The Kier molecular flexibility index (Phi) is 10.9. The number of carbonyl (C=O) groups is 2. The fourth-order valence-electron chi connectivity index (χ4n) is 5.53. The molecule has 13 heteroatoms. The molecule has 1 unspecified atom stereocenters. The topological polar surface area (TPSA) is 180 Å². The van der Waals surface area contributed by atoms with Gasteiger partial charge in [-0.3, -0.25) is 14.9 Å². The molecule has 1 aliphatic rings. The van der Waals surface area contributed by atoms with E-state index in [1.165, 1.54) is 12.1 Å². The van der Waals surface area contributed by atoms with E-state index in [0.29, 0.717) is 17.9 Å². The Morgan fingerprint density at radius 2 is 1.52 bits per heavy atom. The molecule has 0 bridgehead atoms. The molecular formula is C35H36N4O8S. The summed E-state index contributed by atoms with van der Waals surface area (Å²) in [5.74, 6) is -0.617. The fourth-order valence-corrected chi connectivity index (χ4v) is 6.56. The summed E-state index contributed by atoms with van der Waals surface area (Å²) in [4.78, 5) is 35.3. The average Bonchev–Trinajstić information content (AvgIpc) is 3.08. The van der Waals surface area contributed by atoms with Crippen molar-refractivity contribution in [3.63, 3.8) is 0 Å². The lowest BCUT2D eigenvalue weighted by atomic mass is 9.95. The molecule has 0 heterocycles. The van der Waals surface area contributed by atoms with Crippen molar-refractivity contribution < 1.29 is 32.4 Å². The second-order valence-corrected chi connectivity index (χ2v) is 13.2. The van der Waals surface area contributed by atoms with Gasteiger partial charge in [-0.1, -0.05) is 86.0 Å². The third kappa shape index (κ3) is 9.10. The van der Waals surface area contributed by atoms with E-state index < -0.39 is 43.6 Å². The zero-order chi connectivity index (χ0) is 34.1. The number of nitrogens with zero attached hydrogens (tertiary/aromatic N) is 1. The monoisotopic (exact) mass is 672 g/mol. The summed E-state index contributed by atoms with van der Waals surface area (Å²) in [5.41, 5.74) is 8.64. The molecule has 1 aliphatic carbocycles. The van der Waals surface area contributed by atoms with Crippen LogP contribution in [0.2, 0.25) is 0 Å². The van der Waals surface area contributed by atoms with Crippen molar-refractivity contribution >= 4 is 33.4 Å². The van der Waals surface area contributed by atoms with Crippen molar-refractivity contribution in [2.24, 2.45) is 5.73 Å². The third-order valence-corrected chi connectivity index (χ3v) is 9.38. The van der Waals surface area contributed by atoms with Crippen molar-refractivity contribution in [3.05, 3.63) is 118 Å². The molecule has 48 heavy (non-hydrogen) atoms. The molecular weight excluding hydrogens is 636 g/mol. The van der Waals surface area contributed by atoms with Gasteiger partial charge < -0.3 is 20.5 Å². The molecule has 1 fully saturated rings. The maximum absolute atomic E-state index is 13.1. The van der Waals surface area contributed by atoms with E-state index in [-0.39, 0.29) is 18.2 Å². The number of nitro groups is 1. The largest absolute Gasteiger partial charge is 0.489 e. The quantitative estimate of drug-likeness (QED) is 0.112. The molecule has 0 aliphatic heterocycles. The Morgan fingerprint density at radius 3 is 2.17 bits per heavy atom. The first kappa shape index (κ1) is 33.9. The first-order valence-corrected chi connectivity index (χ1v) is 17.0. The van der Waals surface area contributed by atoms with Crippen LogP contribution in [0.15, 0.2) is 102 Å². The lowest BCUT2D eigenvalue weighted by molar-refractivity contribution is -0.384. The molecule has 0 saturated heterocycles. The average molecular weight is 673 g/mol. The van der Waals surface area contributed by atoms with E-state index in [1.807, 2.05) is 59.3 Å². The van der Waals surface area contributed by atoms with Crippen molar-refractivity contribution in [2.75, 3.05) is 5.32 Å². The van der Waals surface area contributed by atoms with Crippen LogP contribution in [0.4, 0.5) is 16.2 Å². The fraction of sp³-hybridized carbons (Fsp3) is 0.257. The van der Waals surface area contributed by atoms with Crippen LogP contribution in [0.5, 0.6) is 5.75 Å². The lowest BCUT2D eigenvalue weighted by Gasteiger charge is -2.23. The highest BCUT2D eigenvalue weighted by Crippen LogP contribution is 2.31. The first-order valence-electron chi connectivity index (χ1n) is 15.5. The van der Waals surface area contributed by atoms with Crippen LogP contribution in [0, 0.1) is 10.1 Å². The summed E-state index contributed by atoms with van der Waals surface area (Å²) in [5, 5.41) is 14.9. The van der Waals surface area contributed by atoms with Crippen LogP contribution in [-0.4, -0.2) is 37.5 Å². The van der Waals surface area contributed by atoms with Gasteiger partial charge >= 0.3 is 6.09 Å². The van der Waals surface area contributed by atoms with E-state index in [0.717, 1.165) is 54.9 Å². The molecule has 5 rings (SSSR count). The van der Waals surface area contributed by atoms with Crippen molar-refractivity contribution in [3.8, 4) is 16.9 Å². The number of benzene rings is 4. The van der Waals surface area contributed by atoms with E-state index in [1.54, 1.807) is 24.3 Å². The normalized spacial score (nSPS) is 14.0. The summed E-state index contributed by atoms with van der Waals surface area (Å²) in [6.07, 6.45) is 1.73. The van der Waals surface area contributed by atoms with Gasteiger partial charge in [0.15, 0.2) is 6.10 Å². The number of nitrogens with one attached hydrogen (secondary N) is 2. The van der Waals surface area contributed by atoms with Gasteiger partial charge in [-0.25, -0.2) is 17.9 Å². The van der Waals surface area contributed by atoms with Gasteiger partial charge in [0.05, 0.1) is 9.82 Å². The third-order valence-electron chi connectivity index (χ3n) is 8.04. The molecule has 4 aromatic rings.